The van der Waals surface area contributed by atoms with Crippen LogP contribution in [-0.2, 0) is 17.8 Å². The van der Waals surface area contributed by atoms with Gasteiger partial charge in [-0.15, -0.1) is 0 Å². The van der Waals surface area contributed by atoms with Crippen LogP contribution in [0.15, 0.2) is 42.7 Å². The maximum absolute atomic E-state index is 8.97. The van der Waals surface area contributed by atoms with Crippen molar-refractivity contribution in [2.24, 2.45) is 0 Å². The van der Waals surface area contributed by atoms with Crippen LogP contribution in [0.5, 0.6) is 0 Å². The third-order valence-corrected chi connectivity index (χ3v) is 4.19. The molecule has 0 radical (unpaired) electrons. The van der Waals surface area contributed by atoms with E-state index < -0.39 is 0 Å². The second kappa shape index (κ2) is 8.20. The molecule has 1 aliphatic rings. The Hall–Kier alpha value is -1.75. The van der Waals surface area contributed by atoms with Crippen molar-refractivity contribution >= 4 is 0 Å². The highest BCUT2D eigenvalue weighted by Gasteiger charge is 2.15. The van der Waals surface area contributed by atoms with Crippen LogP contribution in [0.1, 0.15) is 24.0 Å². The number of pyridine rings is 1. The SMILES string of the molecule is OCCCc1cccc(-c2cncc(COCC3CCN3)c2)c1. The number of aromatic nitrogens is 1. The van der Waals surface area contributed by atoms with Crippen molar-refractivity contribution in [3.05, 3.63) is 53.9 Å². The summed E-state index contributed by atoms with van der Waals surface area (Å²) in [5, 5.41) is 12.3. The number of aliphatic hydroxyl groups is 1. The molecule has 0 amide bonds. The number of aliphatic hydroxyl groups excluding tert-OH is 1. The van der Waals surface area contributed by atoms with E-state index in [2.05, 4.69) is 40.6 Å². The van der Waals surface area contributed by atoms with Gasteiger partial charge in [-0.05, 0) is 48.6 Å². The van der Waals surface area contributed by atoms with Crippen molar-refractivity contribution in [1.82, 2.24) is 10.3 Å². The van der Waals surface area contributed by atoms with Gasteiger partial charge in [0.1, 0.15) is 0 Å². The fourth-order valence-electron chi connectivity index (χ4n) is 2.72. The molecule has 1 aliphatic heterocycles. The zero-order valence-electron chi connectivity index (χ0n) is 13.4. The highest BCUT2D eigenvalue weighted by atomic mass is 16.5. The van der Waals surface area contributed by atoms with Crippen molar-refractivity contribution in [3.8, 4) is 11.1 Å². The molecule has 4 heteroatoms. The van der Waals surface area contributed by atoms with Gasteiger partial charge in [-0.3, -0.25) is 4.98 Å². The molecule has 2 heterocycles. The van der Waals surface area contributed by atoms with Gasteiger partial charge in [-0.1, -0.05) is 24.3 Å². The molecule has 0 aliphatic carbocycles. The Kier molecular flexibility index (Phi) is 5.75. The van der Waals surface area contributed by atoms with Crippen molar-refractivity contribution in [2.45, 2.75) is 31.9 Å². The maximum Gasteiger partial charge on any atom is 0.0732 e. The summed E-state index contributed by atoms with van der Waals surface area (Å²) >= 11 is 0. The molecule has 2 N–H and O–H groups in total. The standard InChI is InChI=1S/C19H24N2O2/c22-8-2-4-15-3-1-5-17(9-15)18-10-16(11-20-12-18)13-23-14-19-6-7-21-19/h1,3,5,9-12,19,21-22H,2,4,6-8,13-14H2. The van der Waals surface area contributed by atoms with Gasteiger partial charge in [-0.2, -0.15) is 0 Å². The van der Waals surface area contributed by atoms with Crippen molar-refractivity contribution < 1.29 is 9.84 Å². The fraction of sp³-hybridized carbons (Fsp3) is 0.421. The summed E-state index contributed by atoms with van der Waals surface area (Å²) in [5.74, 6) is 0. The summed E-state index contributed by atoms with van der Waals surface area (Å²) in [4.78, 5) is 4.35. The number of hydrogen-bond acceptors (Lipinski definition) is 4. The van der Waals surface area contributed by atoms with Crippen LogP contribution in [0.4, 0.5) is 0 Å². The zero-order chi connectivity index (χ0) is 15.9. The summed E-state index contributed by atoms with van der Waals surface area (Å²) in [6.45, 7) is 2.70. The Morgan fingerprint density at radius 1 is 1.17 bits per heavy atom. The molecule has 1 unspecified atom stereocenters. The van der Waals surface area contributed by atoms with Crippen LogP contribution in [-0.4, -0.2) is 35.9 Å². The molecule has 0 spiro atoms. The topological polar surface area (TPSA) is 54.4 Å². The lowest BCUT2D eigenvalue weighted by Gasteiger charge is -2.27. The number of rotatable bonds is 8. The minimum Gasteiger partial charge on any atom is -0.396 e. The molecular weight excluding hydrogens is 288 g/mol. The van der Waals surface area contributed by atoms with Crippen LogP contribution in [0.3, 0.4) is 0 Å². The maximum atomic E-state index is 8.97. The summed E-state index contributed by atoms with van der Waals surface area (Å²) in [6.07, 6.45) is 6.66. The van der Waals surface area contributed by atoms with E-state index in [1.807, 2.05) is 12.4 Å². The van der Waals surface area contributed by atoms with E-state index in [4.69, 9.17) is 9.84 Å². The first kappa shape index (κ1) is 16.1. The van der Waals surface area contributed by atoms with E-state index in [0.29, 0.717) is 12.6 Å². The lowest BCUT2D eigenvalue weighted by atomic mass is 10.0. The Morgan fingerprint density at radius 2 is 2.04 bits per heavy atom. The zero-order valence-corrected chi connectivity index (χ0v) is 13.4. The van der Waals surface area contributed by atoms with Gasteiger partial charge >= 0.3 is 0 Å². The van der Waals surface area contributed by atoms with Gasteiger partial charge in [-0.25, -0.2) is 0 Å². The Labute approximate surface area is 137 Å². The smallest absolute Gasteiger partial charge is 0.0732 e. The lowest BCUT2D eigenvalue weighted by molar-refractivity contribution is 0.0806. The molecule has 1 saturated heterocycles. The van der Waals surface area contributed by atoms with E-state index in [1.165, 1.54) is 12.0 Å². The van der Waals surface area contributed by atoms with Crippen LogP contribution in [0.25, 0.3) is 11.1 Å². The van der Waals surface area contributed by atoms with E-state index in [-0.39, 0.29) is 6.61 Å². The predicted molar refractivity (Wildman–Crippen MR) is 91.1 cm³/mol. The van der Waals surface area contributed by atoms with E-state index in [9.17, 15) is 0 Å². The van der Waals surface area contributed by atoms with Crippen molar-refractivity contribution in [2.75, 3.05) is 19.8 Å². The van der Waals surface area contributed by atoms with Gasteiger partial charge in [0.15, 0.2) is 0 Å². The van der Waals surface area contributed by atoms with Crippen LogP contribution in [0, 0.1) is 0 Å². The predicted octanol–water partition coefficient (Wildman–Crippen LogP) is 2.55. The van der Waals surface area contributed by atoms with E-state index in [1.54, 1.807) is 0 Å². The van der Waals surface area contributed by atoms with E-state index in [0.717, 1.165) is 42.7 Å². The highest BCUT2D eigenvalue weighted by molar-refractivity contribution is 5.63. The van der Waals surface area contributed by atoms with Gasteiger partial charge in [0.05, 0.1) is 13.2 Å². The Morgan fingerprint density at radius 3 is 2.83 bits per heavy atom. The first-order valence-corrected chi connectivity index (χ1v) is 8.30. The van der Waals surface area contributed by atoms with Gasteiger partial charge in [0.2, 0.25) is 0 Å². The summed E-state index contributed by atoms with van der Waals surface area (Å²) in [7, 11) is 0. The number of hydrogen-bond donors (Lipinski definition) is 2. The minimum absolute atomic E-state index is 0.231. The number of aryl methyl sites for hydroxylation is 1. The normalized spacial score (nSPS) is 17.0. The van der Waals surface area contributed by atoms with E-state index >= 15 is 0 Å². The molecule has 1 fully saturated rings. The first-order chi connectivity index (χ1) is 11.3. The molecule has 23 heavy (non-hydrogen) atoms. The molecular formula is C19H24N2O2. The largest absolute Gasteiger partial charge is 0.396 e. The average Bonchev–Trinajstić information content (AvgIpc) is 2.56. The number of benzene rings is 1. The highest BCUT2D eigenvalue weighted by Crippen LogP contribution is 2.21. The van der Waals surface area contributed by atoms with Crippen LogP contribution >= 0.6 is 0 Å². The quantitative estimate of drug-likeness (QED) is 0.786. The monoisotopic (exact) mass is 312 g/mol. The number of nitrogens with zero attached hydrogens (tertiary/aromatic N) is 1. The van der Waals surface area contributed by atoms with Crippen molar-refractivity contribution in [3.63, 3.8) is 0 Å². The summed E-state index contributed by atoms with van der Waals surface area (Å²) < 4.78 is 5.76. The third-order valence-electron chi connectivity index (χ3n) is 4.19. The van der Waals surface area contributed by atoms with Crippen molar-refractivity contribution in [1.29, 1.82) is 0 Å². The molecule has 1 atom stereocenters. The Bertz CT molecular complexity index is 626. The number of ether oxygens (including phenoxy) is 1. The summed E-state index contributed by atoms with van der Waals surface area (Å²) in [5.41, 5.74) is 4.62. The van der Waals surface area contributed by atoms with Gasteiger partial charge in [0, 0.05) is 30.6 Å². The first-order valence-electron chi connectivity index (χ1n) is 8.30. The molecule has 1 aromatic heterocycles. The van der Waals surface area contributed by atoms with Gasteiger partial charge < -0.3 is 15.2 Å². The lowest BCUT2D eigenvalue weighted by Crippen LogP contribution is -2.45. The molecule has 0 bridgehead atoms. The minimum atomic E-state index is 0.231. The molecule has 0 saturated carbocycles. The molecule has 2 aromatic rings. The molecule has 3 rings (SSSR count). The van der Waals surface area contributed by atoms with Crippen LogP contribution in [0.2, 0.25) is 0 Å². The molecule has 1 aromatic carbocycles. The van der Waals surface area contributed by atoms with Crippen LogP contribution < -0.4 is 5.32 Å². The molecule has 122 valence electrons. The van der Waals surface area contributed by atoms with Gasteiger partial charge in [0.25, 0.3) is 0 Å². The third kappa shape index (κ3) is 4.61. The number of nitrogens with one attached hydrogen (secondary N) is 1. The molecule has 4 nitrogen and oxygen atoms in total. The fourth-order valence-corrected chi connectivity index (χ4v) is 2.72. The second-order valence-electron chi connectivity index (χ2n) is 6.06. The second-order valence-corrected chi connectivity index (χ2v) is 6.06. The Balaban J connectivity index is 1.63. The average molecular weight is 312 g/mol. The summed E-state index contributed by atoms with van der Waals surface area (Å²) in [6, 6.07) is 11.1.